The molecule has 1 aromatic carbocycles. The number of benzene rings is 1. The van der Waals surface area contributed by atoms with Crippen LogP contribution < -0.4 is 5.73 Å². The first kappa shape index (κ1) is 15.1. The fourth-order valence-electron chi connectivity index (χ4n) is 4.44. The van der Waals surface area contributed by atoms with Gasteiger partial charge in [-0.3, -0.25) is 0 Å². The third-order valence-electron chi connectivity index (χ3n) is 5.78. The maximum absolute atomic E-state index is 6.90. The molecule has 2 N–H and O–H groups in total. The highest BCUT2D eigenvalue weighted by molar-refractivity contribution is 5.29. The Morgan fingerprint density at radius 2 is 1.57 bits per heavy atom. The summed E-state index contributed by atoms with van der Waals surface area (Å²) in [6.07, 6.45) is 10.3. The van der Waals surface area contributed by atoms with Crippen molar-refractivity contribution < 1.29 is 4.74 Å². The zero-order valence-corrected chi connectivity index (χ0v) is 13.1. The van der Waals surface area contributed by atoms with Gasteiger partial charge in [0.25, 0.3) is 0 Å². The predicted molar refractivity (Wildman–Crippen MR) is 87.3 cm³/mol. The van der Waals surface area contributed by atoms with Crippen LogP contribution in [0.2, 0.25) is 0 Å². The highest BCUT2D eigenvalue weighted by Crippen LogP contribution is 2.42. The fraction of sp³-hybridized carbons (Fsp3) is 0.684. The van der Waals surface area contributed by atoms with Crippen LogP contribution in [-0.2, 0) is 10.2 Å². The Labute approximate surface area is 129 Å². The molecule has 2 aliphatic rings. The molecule has 1 atom stereocenters. The highest BCUT2D eigenvalue weighted by Gasteiger charge is 2.43. The molecule has 1 aromatic rings. The van der Waals surface area contributed by atoms with E-state index in [9.17, 15) is 0 Å². The van der Waals surface area contributed by atoms with Crippen molar-refractivity contribution in [2.24, 2.45) is 11.7 Å². The second kappa shape index (κ2) is 6.93. The molecule has 1 aliphatic heterocycles. The minimum atomic E-state index is 0.133. The van der Waals surface area contributed by atoms with Gasteiger partial charge in [-0.25, -0.2) is 0 Å². The second-order valence-electron chi connectivity index (χ2n) is 6.91. The molecule has 0 aromatic heterocycles. The molecule has 1 unspecified atom stereocenters. The Bertz CT molecular complexity index is 416. The molecule has 2 fully saturated rings. The molecule has 0 bridgehead atoms. The molecule has 1 saturated carbocycles. The Balaban J connectivity index is 1.87. The zero-order chi connectivity index (χ0) is 14.5. The van der Waals surface area contributed by atoms with Crippen LogP contribution in [0.15, 0.2) is 30.3 Å². The van der Waals surface area contributed by atoms with E-state index in [0.717, 1.165) is 26.1 Å². The van der Waals surface area contributed by atoms with Crippen molar-refractivity contribution >= 4 is 0 Å². The van der Waals surface area contributed by atoms with Gasteiger partial charge in [0, 0.05) is 24.7 Å². The Morgan fingerprint density at radius 3 is 2.19 bits per heavy atom. The lowest BCUT2D eigenvalue weighted by atomic mass is 9.64. The Kier molecular flexibility index (Phi) is 4.97. The van der Waals surface area contributed by atoms with Crippen molar-refractivity contribution in [2.75, 3.05) is 13.2 Å². The van der Waals surface area contributed by atoms with Crippen molar-refractivity contribution in [1.82, 2.24) is 0 Å². The first-order chi connectivity index (χ1) is 10.3. The van der Waals surface area contributed by atoms with Crippen LogP contribution in [0, 0.1) is 5.92 Å². The van der Waals surface area contributed by atoms with Gasteiger partial charge < -0.3 is 10.5 Å². The van der Waals surface area contributed by atoms with Gasteiger partial charge in [0.1, 0.15) is 0 Å². The molecular formula is C19H29NO. The van der Waals surface area contributed by atoms with Crippen LogP contribution in [0.1, 0.15) is 56.9 Å². The highest BCUT2D eigenvalue weighted by atomic mass is 16.5. The molecule has 0 spiro atoms. The average Bonchev–Trinajstić information content (AvgIpc) is 2.85. The molecule has 0 amide bonds. The largest absolute Gasteiger partial charge is 0.381 e. The van der Waals surface area contributed by atoms with E-state index in [1.165, 1.54) is 44.1 Å². The SMILES string of the molecule is NC(C1CCCCCC1)C1(c2ccccc2)CCOCC1. The van der Waals surface area contributed by atoms with Gasteiger partial charge >= 0.3 is 0 Å². The number of nitrogens with two attached hydrogens (primary N) is 1. The molecule has 1 aliphatic carbocycles. The molecule has 1 saturated heterocycles. The van der Waals surface area contributed by atoms with Crippen molar-refractivity contribution in [1.29, 1.82) is 0 Å². The van der Waals surface area contributed by atoms with Crippen LogP contribution in [0.25, 0.3) is 0 Å². The van der Waals surface area contributed by atoms with E-state index in [1.54, 1.807) is 0 Å². The molecule has 2 nitrogen and oxygen atoms in total. The summed E-state index contributed by atoms with van der Waals surface area (Å²) >= 11 is 0. The molecule has 3 rings (SSSR count). The van der Waals surface area contributed by atoms with Gasteiger partial charge in [0.05, 0.1) is 0 Å². The standard InChI is InChI=1S/C19H29NO/c20-18(16-8-4-1-2-5-9-16)19(12-14-21-15-13-19)17-10-6-3-7-11-17/h3,6-7,10-11,16,18H,1-2,4-5,8-9,12-15,20H2. The summed E-state index contributed by atoms with van der Waals surface area (Å²) in [4.78, 5) is 0. The Hall–Kier alpha value is -0.860. The van der Waals surface area contributed by atoms with Crippen LogP contribution in [0.5, 0.6) is 0 Å². The van der Waals surface area contributed by atoms with Gasteiger partial charge in [-0.2, -0.15) is 0 Å². The first-order valence-corrected chi connectivity index (χ1v) is 8.72. The van der Waals surface area contributed by atoms with E-state index in [0.29, 0.717) is 5.92 Å². The van der Waals surface area contributed by atoms with Gasteiger partial charge in [0.2, 0.25) is 0 Å². The van der Waals surface area contributed by atoms with E-state index in [2.05, 4.69) is 30.3 Å². The van der Waals surface area contributed by atoms with Gasteiger partial charge in [-0.1, -0.05) is 56.0 Å². The van der Waals surface area contributed by atoms with Crippen LogP contribution in [0.3, 0.4) is 0 Å². The smallest absolute Gasteiger partial charge is 0.0475 e. The van der Waals surface area contributed by atoms with Gasteiger partial charge in [-0.05, 0) is 37.2 Å². The van der Waals surface area contributed by atoms with Gasteiger partial charge in [-0.15, -0.1) is 0 Å². The lowest BCUT2D eigenvalue weighted by molar-refractivity contribution is 0.0297. The maximum Gasteiger partial charge on any atom is 0.0475 e. The number of ether oxygens (including phenoxy) is 1. The summed E-state index contributed by atoms with van der Waals surface area (Å²) in [5.41, 5.74) is 8.47. The molecule has 0 radical (unpaired) electrons. The summed E-state index contributed by atoms with van der Waals surface area (Å²) < 4.78 is 5.65. The van der Waals surface area contributed by atoms with E-state index in [1.807, 2.05) is 0 Å². The molecule has 21 heavy (non-hydrogen) atoms. The number of rotatable bonds is 3. The van der Waals surface area contributed by atoms with Crippen LogP contribution >= 0.6 is 0 Å². The Morgan fingerprint density at radius 1 is 0.952 bits per heavy atom. The second-order valence-corrected chi connectivity index (χ2v) is 6.91. The third-order valence-corrected chi connectivity index (χ3v) is 5.78. The number of hydrogen-bond acceptors (Lipinski definition) is 2. The van der Waals surface area contributed by atoms with Crippen LogP contribution in [-0.4, -0.2) is 19.3 Å². The van der Waals surface area contributed by atoms with E-state index >= 15 is 0 Å². The molecular weight excluding hydrogens is 258 g/mol. The minimum absolute atomic E-state index is 0.133. The lowest BCUT2D eigenvalue weighted by Crippen LogP contribution is -2.52. The molecule has 2 heteroatoms. The van der Waals surface area contributed by atoms with Crippen molar-refractivity contribution in [3.63, 3.8) is 0 Å². The topological polar surface area (TPSA) is 35.2 Å². The number of hydrogen-bond donors (Lipinski definition) is 1. The van der Waals surface area contributed by atoms with Crippen molar-refractivity contribution in [3.05, 3.63) is 35.9 Å². The summed E-state index contributed by atoms with van der Waals surface area (Å²) in [6, 6.07) is 11.3. The lowest BCUT2D eigenvalue weighted by Gasteiger charge is -2.45. The maximum atomic E-state index is 6.90. The van der Waals surface area contributed by atoms with E-state index < -0.39 is 0 Å². The summed E-state index contributed by atoms with van der Waals surface area (Å²) in [6.45, 7) is 1.71. The summed E-state index contributed by atoms with van der Waals surface area (Å²) in [5.74, 6) is 0.686. The van der Waals surface area contributed by atoms with E-state index in [4.69, 9.17) is 10.5 Å². The zero-order valence-electron chi connectivity index (χ0n) is 13.1. The average molecular weight is 287 g/mol. The normalized spacial score (nSPS) is 25.2. The summed E-state index contributed by atoms with van der Waals surface area (Å²) in [5, 5.41) is 0. The predicted octanol–water partition coefficient (Wildman–Crippen LogP) is 4.03. The molecule has 116 valence electrons. The monoisotopic (exact) mass is 287 g/mol. The fourth-order valence-corrected chi connectivity index (χ4v) is 4.44. The van der Waals surface area contributed by atoms with Crippen molar-refractivity contribution in [3.8, 4) is 0 Å². The summed E-state index contributed by atoms with van der Waals surface area (Å²) in [7, 11) is 0. The van der Waals surface area contributed by atoms with Crippen LogP contribution in [0.4, 0.5) is 0 Å². The first-order valence-electron chi connectivity index (χ1n) is 8.72. The van der Waals surface area contributed by atoms with E-state index in [-0.39, 0.29) is 11.5 Å². The third kappa shape index (κ3) is 3.17. The minimum Gasteiger partial charge on any atom is -0.381 e. The molecule has 1 heterocycles. The van der Waals surface area contributed by atoms with Gasteiger partial charge in [0.15, 0.2) is 0 Å². The quantitative estimate of drug-likeness (QED) is 0.852. The van der Waals surface area contributed by atoms with Crippen molar-refractivity contribution in [2.45, 2.75) is 62.8 Å².